The first kappa shape index (κ1) is 13.7. The molecule has 0 aliphatic heterocycles. The van der Waals surface area contributed by atoms with Crippen LogP contribution in [-0.2, 0) is 0 Å². The minimum atomic E-state index is 1.03. The van der Waals surface area contributed by atoms with Crippen molar-refractivity contribution in [2.45, 2.75) is 13.8 Å². The van der Waals surface area contributed by atoms with Crippen LogP contribution in [0.3, 0.4) is 0 Å². The smallest absolute Gasteiger partial charge is 0.0251 e. The molecule has 96 valence electrons. The number of rotatable bonds is 0. The second-order valence-corrected chi connectivity index (χ2v) is 4.61. The Bertz CT molecular complexity index is 675. The van der Waals surface area contributed by atoms with Crippen molar-refractivity contribution in [2.75, 3.05) is 0 Å². The van der Waals surface area contributed by atoms with Gasteiger partial charge in [-0.3, -0.25) is 0 Å². The molecule has 2 aromatic rings. The van der Waals surface area contributed by atoms with Crippen LogP contribution in [0.2, 0.25) is 0 Å². The highest BCUT2D eigenvalue weighted by atomic mass is 13.9. The van der Waals surface area contributed by atoms with Crippen LogP contribution in [-0.4, -0.2) is 0 Å². The molecule has 0 aliphatic carbocycles. The molecule has 0 bridgehead atoms. The van der Waals surface area contributed by atoms with Gasteiger partial charge in [-0.25, -0.2) is 0 Å². The van der Waals surface area contributed by atoms with Gasteiger partial charge in [0.15, 0.2) is 0 Å². The second-order valence-electron chi connectivity index (χ2n) is 4.61. The van der Waals surface area contributed by atoms with Crippen LogP contribution < -0.4 is 0 Å². The third-order valence-corrected chi connectivity index (χ3v) is 2.72. The Hall–Kier alpha value is -2.70. The van der Waals surface area contributed by atoms with Crippen molar-refractivity contribution in [1.82, 2.24) is 0 Å². The first-order valence-electron chi connectivity index (χ1n) is 6.55. The molecule has 0 aromatic heterocycles. The molecule has 0 saturated heterocycles. The highest BCUT2D eigenvalue weighted by molar-refractivity contribution is 5.42. The molecule has 0 radical (unpaired) electrons. The summed E-state index contributed by atoms with van der Waals surface area (Å²) in [6.45, 7) is 4.13. The molecule has 0 N–H and O–H groups in total. The summed E-state index contributed by atoms with van der Waals surface area (Å²) in [5.41, 5.74) is 4.50. The zero-order chi connectivity index (χ0) is 14.2. The third kappa shape index (κ3) is 4.52. The maximum absolute atomic E-state index is 3.09. The minimum Gasteiger partial charge on any atom is -0.0689 e. The van der Waals surface area contributed by atoms with E-state index in [1.54, 1.807) is 12.2 Å². The van der Waals surface area contributed by atoms with Crippen LogP contribution in [0, 0.1) is 37.5 Å². The van der Waals surface area contributed by atoms with Gasteiger partial charge in [-0.05, 0) is 61.4 Å². The molecule has 0 heterocycles. The van der Waals surface area contributed by atoms with Gasteiger partial charge in [0.05, 0.1) is 0 Å². The fourth-order valence-electron chi connectivity index (χ4n) is 1.78. The van der Waals surface area contributed by atoms with Gasteiger partial charge in [0, 0.05) is 11.1 Å². The zero-order valence-corrected chi connectivity index (χ0v) is 11.8. The Balaban J connectivity index is 1.99. The summed E-state index contributed by atoms with van der Waals surface area (Å²) in [5, 5.41) is 0. The molecular formula is C20H16. The molecule has 0 aliphatic rings. The first-order chi connectivity index (χ1) is 9.74. The van der Waals surface area contributed by atoms with E-state index < -0.39 is 0 Å². The van der Waals surface area contributed by atoms with E-state index >= 15 is 0 Å². The predicted octanol–water partition coefficient (Wildman–Crippen LogP) is 4.26. The van der Waals surface area contributed by atoms with Gasteiger partial charge in [-0.2, -0.15) is 0 Å². The number of aryl methyl sites for hydroxylation is 2. The Labute approximate surface area is 121 Å². The largest absolute Gasteiger partial charge is 0.0689 e. The highest BCUT2D eigenvalue weighted by Crippen LogP contribution is 2.02. The molecule has 0 nitrogen and oxygen atoms in total. The van der Waals surface area contributed by atoms with Gasteiger partial charge in [0.25, 0.3) is 0 Å². The molecule has 0 spiro atoms. The van der Waals surface area contributed by atoms with Crippen molar-refractivity contribution in [2.24, 2.45) is 0 Å². The van der Waals surface area contributed by atoms with Crippen LogP contribution in [0.1, 0.15) is 22.3 Å². The highest BCUT2D eigenvalue weighted by Gasteiger charge is 1.86. The first-order valence-corrected chi connectivity index (χ1v) is 6.55. The van der Waals surface area contributed by atoms with E-state index in [-0.39, 0.29) is 0 Å². The summed E-state index contributed by atoms with van der Waals surface area (Å²) in [7, 11) is 0. The lowest BCUT2D eigenvalue weighted by molar-refractivity contribution is 1.45. The maximum atomic E-state index is 3.09. The molecule has 0 saturated carbocycles. The number of allylic oxidation sites excluding steroid dienone is 2. The fraction of sp³-hybridized carbons (Fsp3) is 0.100. The van der Waals surface area contributed by atoms with Crippen molar-refractivity contribution < 1.29 is 0 Å². The average Bonchev–Trinajstić information content (AvgIpc) is 2.43. The predicted molar refractivity (Wildman–Crippen MR) is 85.3 cm³/mol. The Morgan fingerprint density at radius 1 is 0.700 bits per heavy atom. The van der Waals surface area contributed by atoms with E-state index in [0.717, 1.165) is 11.1 Å². The third-order valence-electron chi connectivity index (χ3n) is 2.72. The topological polar surface area (TPSA) is 0 Å². The zero-order valence-electron chi connectivity index (χ0n) is 11.8. The van der Waals surface area contributed by atoms with E-state index in [2.05, 4.69) is 61.8 Å². The van der Waals surface area contributed by atoms with Gasteiger partial charge in [-0.15, -0.1) is 0 Å². The van der Waals surface area contributed by atoms with Crippen molar-refractivity contribution in [1.29, 1.82) is 0 Å². The number of benzene rings is 2. The number of hydrogen-bond donors (Lipinski definition) is 0. The SMILES string of the molecule is Cc1cccc(C#C/C=C/C#Cc2cccc(C)c2)c1. The van der Waals surface area contributed by atoms with E-state index in [1.165, 1.54) is 11.1 Å². The molecule has 2 rings (SSSR count). The molecule has 0 amide bonds. The van der Waals surface area contributed by atoms with E-state index in [4.69, 9.17) is 0 Å². The van der Waals surface area contributed by atoms with Crippen molar-refractivity contribution in [3.05, 3.63) is 82.9 Å². The molecule has 2 aromatic carbocycles. The summed E-state index contributed by atoms with van der Waals surface area (Å²) in [6, 6.07) is 16.3. The van der Waals surface area contributed by atoms with E-state index in [9.17, 15) is 0 Å². The average molecular weight is 256 g/mol. The fourth-order valence-corrected chi connectivity index (χ4v) is 1.78. The van der Waals surface area contributed by atoms with Gasteiger partial charge >= 0.3 is 0 Å². The molecule has 0 atom stereocenters. The summed E-state index contributed by atoms with van der Waals surface area (Å²) < 4.78 is 0. The Kier molecular flexibility index (Phi) is 4.82. The monoisotopic (exact) mass is 256 g/mol. The molecule has 0 fully saturated rings. The van der Waals surface area contributed by atoms with Gasteiger partial charge in [-0.1, -0.05) is 47.9 Å². The lowest BCUT2D eigenvalue weighted by Crippen LogP contribution is -1.75. The normalized spacial score (nSPS) is 9.50. The molecule has 0 unspecified atom stereocenters. The Morgan fingerprint density at radius 2 is 1.15 bits per heavy atom. The van der Waals surface area contributed by atoms with Crippen LogP contribution in [0.15, 0.2) is 60.7 Å². The second kappa shape index (κ2) is 7.03. The standard InChI is InChI=1S/C20H16/c1-17-9-7-13-19(15-17)11-5-3-4-6-12-20-14-8-10-18(2)16-20/h3-4,7-10,13-16H,1-2H3/b4-3+. The lowest BCUT2D eigenvalue weighted by atomic mass is 10.1. The number of hydrogen-bond acceptors (Lipinski definition) is 0. The maximum Gasteiger partial charge on any atom is 0.0251 e. The van der Waals surface area contributed by atoms with Crippen LogP contribution >= 0.6 is 0 Å². The van der Waals surface area contributed by atoms with Crippen LogP contribution in [0.25, 0.3) is 0 Å². The van der Waals surface area contributed by atoms with Gasteiger partial charge in [0.2, 0.25) is 0 Å². The Morgan fingerprint density at radius 3 is 1.55 bits per heavy atom. The van der Waals surface area contributed by atoms with E-state index in [1.807, 2.05) is 24.3 Å². The quantitative estimate of drug-likeness (QED) is 0.618. The summed E-state index contributed by atoms with van der Waals surface area (Å²) in [4.78, 5) is 0. The molecule has 20 heavy (non-hydrogen) atoms. The van der Waals surface area contributed by atoms with Gasteiger partial charge < -0.3 is 0 Å². The van der Waals surface area contributed by atoms with Crippen LogP contribution in [0.5, 0.6) is 0 Å². The van der Waals surface area contributed by atoms with Crippen molar-refractivity contribution in [3.63, 3.8) is 0 Å². The summed E-state index contributed by atoms with van der Waals surface area (Å²) in [5.74, 6) is 12.2. The minimum absolute atomic E-state index is 1.03. The molecular weight excluding hydrogens is 240 g/mol. The summed E-state index contributed by atoms with van der Waals surface area (Å²) >= 11 is 0. The lowest BCUT2D eigenvalue weighted by Gasteiger charge is -1.91. The van der Waals surface area contributed by atoms with Gasteiger partial charge in [0.1, 0.15) is 0 Å². The summed E-state index contributed by atoms with van der Waals surface area (Å²) in [6.07, 6.45) is 3.57. The molecule has 0 heteroatoms. The van der Waals surface area contributed by atoms with E-state index in [0.29, 0.717) is 0 Å². The van der Waals surface area contributed by atoms with Crippen LogP contribution in [0.4, 0.5) is 0 Å². The van der Waals surface area contributed by atoms with Crippen molar-refractivity contribution in [3.8, 4) is 23.7 Å². The van der Waals surface area contributed by atoms with Crippen molar-refractivity contribution >= 4 is 0 Å².